The van der Waals surface area contributed by atoms with Crippen molar-refractivity contribution < 1.29 is 19.1 Å². The van der Waals surface area contributed by atoms with E-state index in [1.54, 1.807) is 19.9 Å². The zero-order valence-electron chi connectivity index (χ0n) is 14.5. The molecular weight excluding hydrogens is 327 g/mol. The third-order valence-electron chi connectivity index (χ3n) is 3.62. The third kappa shape index (κ3) is 4.20. The van der Waals surface area contributed by atoms with Crippen molar-refractivity contribution in [3.8, 4) is 5.69 Å². The molecule has 8 heteroatoms. The topological polar surface area (TPSA) is 97.1 Å². The molecule has 0 aliphatic carbocycles. The van der Waals surface area contributed by atoms with Crippen LogP contribution in [0, 0.1) is 11.7 Å². The second kappa shape index (κ2) is 7.42. The smallest absolute Gasteiger partial charge is 0.326 e. The molecule has 0 saturated carbocycles. The van der Waals surface area contributed by atoms with Gasteiger partial charge in [0.2, 0.25) is 5.82 Å². The van der Waals surface area contributed by atoms with E-state index < -0.39 is 23.7 Å². The number of hydrogen-bond acceptors (Lipinski definition) is 4. The summed E-state index contributed by atoms with van der Waals surface area (Å²) < 4.78 is 14.9. The Morgan fingerprint density at radius 2 is 1.92 bits per heavy atom. The molecule has 0 aliphatic rings. The Hall–Kier alpha value is -2.77. The van der Waals surface area contributed by atoms with Gasteiger partial charge in [0, 0.05) is 5.92 Å². The zero-order chi connectivity index (χ0) is 18.7. The van der Waals surface area contributed by atoms with Gasteiger partial charge in [-0.1, -0.05) is 33.8 Å². The SMILES string of the molecule is CC(C)c1nc(C(=O)NC(C(=O)O)C(C)C)nn1-c1cccc(F)c1. The maximum absolute atomic E-state index is 13.5. The van der Waals surface area contributed by atoms with Crippen LogP contribution in [-0.4, -0.2) is 37.8 Å². The molecule has 1 unspecified atom stereocenters. The van der Waals surface area contributed by atoms with Crippen molar-refractivity contribution in [2.24, 2.45) is 5.92 Å². The van der Waals surface area contributed by atoms with Crippen LogP contribution in [0.25, 0.3) is 5.69 Å². The van der Waals surface area contributed by atoms with Gasteiger partial charge in [-0.05, 0) is 24.1 Å². The number of halogens is 1. The first-order valence-corrected chi connectivity index (χ1v) is 7.97. The average Bonchev–Trinajstić information content (AvgIpc) is 2.97. The molecule has 1 aromatic carbocycles. The molecule has 2 rings (SSSR count). The van der Waals surface area contributed by atoms with Crippen molar-refractivity contribution >= 4 is 11.9 Å². The Morgan fingerprint density at radius 3 is 2.44 bits per heavy atom. The van der Waals surface area contributed by atoms with Crippen molar-refractivity contribution in [1.29, 1.82) is 0 Å². The first kappa shape index (κ1) is 18.6. The number of carboxylic acid groups (broad SMARTS) is 1. The molecule has 0 aliphatic heterocycles. The Morgan fingerprint density at radius 1 is 1.24 bits per heavy atom. The lowest BCUT2D eigenvalue weighted by atomic mass is 10.0. The molecule has 0 radical (unpaired) electrons. The van der Waals surface area contributed by atoms with Crippen LogP contribution in [0.3, 0.4) is 0 Å². The number of carboxylic acids is 1. The molecular formula is C17H21FN4O3. The van der Waals surface area contributed by atoms with Gasteiger partial charge < -0.3 is 10.4 Å². The summed E-state index contributed by atoms with van der Waals surface area (Å²) in [5.41, 5.74) is 0.439. The predicted octanol–water partition coefficient (Wildman–Crippen LogP) is 2.37. The first-order chi connectivity index (χ1) is 11.7. The number of benzene rings is 1. The van der Waals surface area contributed by atoms with Gasteiger partial charge in [0.15, 0.2) is 0 Å². The molecule has 25 heavy (non-hydrogen) atoms. The zero-order valence-corrected chi connectivity index (χ0v) is 14.5. The van der Waals surface area contributed by atoms with Crippen LogP contribution in [0.15, 0.2) is 24.3 Å². The monoisotopic (exact) mass is 348 g/mol. The average molecular weight is 348 g/mol. The summed E-state index contributed by atoms with van der Waals surface area (Å²) in [6.45, 7) is 7.13. The highest BCUT2D eigenvalue weighted by Crippen LogP contribution is 2.18. The lowest BCUT2D eigenvalue weighted by Gasteiger charge is -2.16. The highest BCUT2D eigenvalue weighted by Gasteiger charge is 2.27. The van der Waals surface area contributed by atoms with Crippen molar-refractivity contribution in [3.05, 3.63) is 41.7 Å². The summed E-state index contributed by atoms with van der Waals surface area (Å²) in [4.78, 5) is 27.8. The Kier molecular flexibility index (Phi) is 5.51. The molecule has 1 aromatic heterocycles. The lowest BCUT2D eigenvalue weighted by molar-refractivity contribution is -0.140. The van der Waals surface area contributed by atoms with Gasteiger partial charge in [-0.25, -0.2) is 18.9 Å². The fourth-order valence-corrected chi connectivity index (χ4v) is 2.31. The predicted molar refractivity (Wildman–Crippen MR) is 89.1 cm³/mol. The minimum absolute atomic E-state index is 0.0716. The Balaban J connectivity index is 2.38. The number of amides is 1. The number of carbonyl (C=O) groups excluding carboxylic acids is 1. The van der Waals surface area contributed by atoms with Crippen LogP contribution in [0.4, 0.5) is 4.39 Å². The van der Waals surface area contributed by atoms with E-state index in [1.165, 1.54) is 22.9 Å². The van der Waals surface area contributed by atoms with Crippen molar-refractivity contribution in [1.82, 2.24) is 20.1 Å². The molecule has 2 aromatic rings. The van der Waals surface area contributed by atoms with Crippen molar-refractivity contribution in [3.63, 3.8) is 0 Å². The summed E-state index contributed by atoms with van der Waals surface area (Å²) in [5, 5.41) is 15.8. The highest BCUT2D eigenvalue weighted by molar-refractivity contribution is 5.93. The fraction of sp³-hybridized carbons (Fsp3) is 0.412. The van der Waals surface area contributed by atoms with E-state index in [0.717, 1.165) is 0 Å². The van der Waals surface area contributed by atoms with E-state index >= 15 is 0 Å². The molecule has 1 heterocycles. The van der Waals surface area contributed by atoms with Crippen molar-refractivity contribution in [2.75, 3.05) is 0 Å². The summed E-state index contributed by atoms with van der Waals surface area (Å²) in [6, 6.07) is 4.74. The standard InChI is InChI=1S/C17H21FN4O3/c1-9(2)13(17(24)25)19-16(23)14-20-15(10(3)4)22(21-14)12-7-5-6-11(18)8-12/h5-10,13H,1-4H3,(H,19,23)(H,24,25). The summed E-state index contributed by atoms with van der Waals surface area (Å²) in [7, 11) is 0. The fourth-order valence-electron chi connectivity index (χ4n) is 2.31. The molecule has 0 saturated heterocycles. The van der Waals surface area contributed by atoms with Crippen LogP contribution in [0.2, 0.25) is 0 Å². The second-order valence-electron chi connectivity index (χ2n) is 6.37. The lowest BCUT2D eigenvalue weighted by Crippen LogP contribution is -2.44. The number of hydrogen-bond donors (Lipinski definition) is 2. The largest absolute Gasteiger partial charge is 0.480 e. The van der Waals surface area contributed by atoms with Gasteiger partial charge in [-0.2, -0.15) is 0 Å². The van der Waals surface area contributed by atoms with Crippen LogP contribution in [0.1, 0.15) is 50.1 Å². The molecule has 0 spiro atoms. The van der Waals surface area contributed by atoms with E-state index in [2.05, 4.69) is 15.4 Å². The first-order valence-electron chi connectivity index (χ1n) is 7.97. The quantitative estimate of drug-likeness (QED) is 0.835. The normalized spacial score (nSPS) is 12.4. The number of nitrogens with zero attached hydrogens (tertiary/aromatic N) is 3. The van der Waals surface area contributed by atoms with E-state index in [4.69, 9.17) is 0 Å². The number of nitrogens with one attached hydrogen (secondary N) is 1. The Bertz CT molecular complexity index is 786. The molecule has 2 N–H and O–H groups in total. The van der Waals surface area contributed by atoms with Crippen LogP contribution in [0.5, 0.6) is 0 Å². The molecule has 1 amide bonds. The van der Waals surface area contributed by atoms with Gasteiger partial charge in [-0.15, -0.1) is 5.10 Å². The maximum Gasteiger partial charge on any atom is 0.326 e. The maximum atomic E-state index is 13.5. The number of aliphatic carboxylic acids is 1. The van der Waals surface area contributed by atoms with Gasteiger partial charge in [0.25, 0.3) is 5.91 Å². The number of carbonyl (C=O) groups is 2. The Labute approximate surface area is 144 Å². The molecule has 134 valence electrons. The molecule has 7 nitrogen and oxygen atoms in total. The minimum atomic E-state index is -1.13. The van der Waals surface area contributed by atoms with Gasteiger partial charge >= 0.3 is 5.97 Å². The summed E-state index contributed by atoms with van der Waals surface area (Å²) in [6.07, 6.45) is 0. The molecule has 0 bridgehead atoms. The number of aromatic nitrogens is 3. The highest BCUT2D eigenvalue weighted by atomic mass is 19.1. The van der Waals surface area contributed by atoms with Crippen LogP contribution < -0.4 is 5.32 Å². The van der Waals surface area contributed by atoms with Gasteiger partial charge in [0.05, 0.1) is 5.69 Å². The second-order valence-corrected chi connectivity index (χ2v) is 6.37. The molecule has 0 fully saturated rings. The molecule has 1 atom stereocenters. The summed E-state index contributed by atoms with van der Waals surface area (Å²) in [5.74, 6) is -2.28. The van der Waals surface area contributed by atoms with Crippen molar-refractivity contribution in [2.45, 2.75) is 39.7 Å². The minimum Gasteiger partial charge on any atom is -0.480 e. The van der Waals surface area contributed by atoms with Gasteiger partial charge in [-0.3, -0.25) is 4.79 Å². The van der Waals surface area contributed by atoms with E-state index in [0.29, 0.717) is 11.5 Å². The summed E-state index contributed by atoms with van der Waals surface area (Å²) >= 11 is 0. The third-order valence-corrected chi connectivity index (χ3v) is 3.62. The van der Waals surface area contributed by atoms with E-state index in [-0.39, 0.29) is 17.7 Å². The van der Waals surface area contributed by atoms with Crippen LogP contribution in [-0.2, 0) is 4.79 Å². The van der Waals surface area contributed by atoms with Crippen LogP contribution >= 0.6 is 0 Å². The van der Waals surface area contributed by atoms with Gasteiger partial charge in [0.1, 0.15) is 17.7 Å². The number of rotatable bonds is 6. The van der Waals surface area contributed by atoms with E-state index in [9.17, 15) is 19.1 Å². The van der Waals surface area contributed by atoms with E-state index in [1.807, 2.05) is 13.8 Å².